The lowest BCUT2D eigenvalue weighted by molar-refractivity contribution is 0.457. The first-order valence-electron chi connectivity index (χ1n) is 3.47. The second-order valence-corrected chi connectivity index (χ2v) is 2.77. The van der Waals surface area contributed by atoms with Crippen molar-refractivity contribution in [2.75, 3.05) is 0 Å². The topological polar surface area (TPSA) is 49.7 Å². The van der Waals surface area contributed by atoms with Crippen molar-refractivity contribution >= 4 is 17.7 Å². The van der Waals surface area contributed by atoms with Gasteiger partial charge in [-0.25, -0.2) is 18.6 Å². The molecular weight excluding hydrogens is 216 g/mol. The Morgan fingerprint density at radius 3 is 2.79 bits per heavy atom. The van der Waals surface area contributed by atoms with Gasteiger partial charge in [0.05, 0.1) is 6.54 Å². The number of aromatic hydroxyl groups is 1. The van der Waals surface area contributed by atoms with E-state index in [0.29, 0.717) is 6.07 Å². The summed E-state index contributed by atoms with van der Waals surface area (Å²) in [7, 11) is 0. The van der Waals surface area contributed by atoms with Crippen LogP contribution in [0.15, 0.2) is 11.1 Å². The second-order valence-electron chi connectivity index (χ2n) is 2.39. The van der Waals surface area contributed by atoms with Crippen molar-refractivity contribution in [3.63, 3.8) is 0 Å². The Bertz CT molecular complexity index is 416. The molecule has 6 heteroatoms. The highest BCUT2D eigenvalue weighted by molar-refractivity contribution is 6.32. The van der Waals surface area contributed by atoms with Gasteiger partial charge in [-0.1, -0.05) is 11.6 Å². The van der Waals surface area contributed by atoms with Gasteiger partial charge in [0, 0.05) is 11.6 Å². The molecule has 1 aromatic carbocycles. The third-order valence-electron chi connectivity index (χ3n) is 1.54. The van der Waals surface area contributed by atoms with Gasteiger partial charge in [0.15, 0.2) is 5.82 Å². The third kappa shape index (κ3) is 1.89. The van der Waals surface area contributed by atoms with E-state index in [1.165, 1.54) is 0 Å². The standard InChI is InChI=1S/C8H4ClF2NO2/c9-7-6(14)1-5(10)4(8(7)11)2-12-3-13/h1,14H,2H2. The van der Waals surface area contributed by atoms with Gasteiger partial charge in [-0.15, -0.1) is 0 Å². The van der Waals surface area contributed by atoms with E-state index in [1.54, 1.807) is 0 Å². The molecule has 1 aromatic rings. The van der Waals surface area contributed by atoms with Crippen LogP contribution in [0.25, 0.3) is 0 Å². The summed E-state index contributed by atoms with van der Waals surface area (Å²) in [5.74, 6) is -2.83. The van der Waals surface area contributed by atoms with E-state index in [0.717, 1.165) is 6.08 Å². The fourth-order valence-corrected chi connectivity index (χ4v) is 1.05. The first kappa shape index (κ1) is 10.6. The lowest BCUT2D eigenvalue weighted by Crippen LogP contribution is -1.95. The van der Waals surface area contributed by atoms with Crippen molar-refractivity contribution in [3.05, 3.63) is 28.3 Å². The van der Waals surface area contributed by atoms with Crippen molar-refractivity contribution in [1.29, 1.82) is 0 Å². The molecule has 0 aliphatic heterocycles. The summed E-state index contributed by atoms with van der Waals surface area (Å²) in [4.78, 5) is 12.7. The van der Waals surface area contributed by atoms with E-state index in [2.05, 4.69) is 4.99 Å². The van der Waals surface area contributed by atoms with E-state index < -0.39 is 34.5 Å². The average Bonchev–Trinajstić information content (AvgIpc) is 2.14. The molecule has 1 N–H and O–H groups in total. The first-order chi connectivity index (χ1) is 6.57. The third-order valence-corrected chi connectivity index (χ3v) is 1.90. The van der Waals surface area contributed by atoms with E-state index in [4.69, 9.17) is 16.7 Å². The number of nitrogens with zero attached hydrogens (tertiary/aromatic N) is 1. The van der Waals surface area contributed by atoms with E-state index >= 15 is 0 Å². The predicted octanol–water partition coefficient (Wildman–Crippen LogP) is 2.16. The number of hydrogen-bond donors (Lipinski definition) is 1. The fraction of sp³-hybridized carbons (Fsp3) is 0.125. The lowest BCUT2D eigenvalue weighted by atomic mass is 10.2. The Morgan fingerprint density at radius 1 is 1.57 bits per heavy atom. The Kier molecular flexibility index (Phi) is 3.17. The quantitative estimate of drug-likeness (QED) is 0.471. The van der Waals surface area contributed by atoms with Crippen LogP contribution in [0.2, 0.25) is 5.02 Å². The van der Waals surface area contributed by atoms with E-state index in [9.17, 15) is 13.6 Å². The largest absolute Gasteiger partial charge is 0.506 e. The number of hydrogen-bond acceptors (Lipinski definition) is 3. The molecule has 74 valence electrons. The maximum absolute atomic E-state index is 13.1. The van der Waals surface area contributed by atoms with Crippen LogP contribution in [0, 0.1) is 11.6 Å². The Hall–Kier alpha value is -1.45. The summed E-state index contributed by atoms with van der Waals surface area (Å²) in [6, 6.07) is 0.654. The molecule has 3 nitrogen and oxygen atoms in total. The van der Waals surface area contributed by atoms with Crippen molar-refractivity contribution in [2.45, 2.75) is 6.54 Å². The number of benzene rings is 1. The molecule has 14 heavy (non-hydrogen) atoms. The monoisotopic (exact) mass is 219 g/mol. The summed E-state index contributed by atoms with van der Waals surface area (Å²) in [6.45, 7) is -0.499. The molecule has 1 rings (SSSR count). The molecule has 0 fully saturated rings. The molecule has 0 saturated carbocycles. The zero-order valence-electron chi connectivity index (χ0n) is 6.72. The average molecular weight is 220 g/mol. The van der Waals surface area contributed by atoms with E-state index in [-0.39, 0.29) is 0 Å². The molecule has 0 unspecified atom stereocenters. The molecule has 0 aliphatic rings. The minimum atomic E-state index is -1.12. The van der Waals surface area contributed by atoms with Gasteiger partial charge in [0.1, 0.15) is 16.6 Å². The minimum Gasteiger partial charge on any atom is -0.506 e. The highest BCUT2D eigenvalue weighted by atomic mass is 35.5. The Morgan fingerprint density at radius 2 is 2.21 bits per heavy atom. The Labute approximate surface area is 82.6 Å². The van der Waals surface area contributed by atoms with Crippen LogP contribution in [-0.2, 0) is 11.3 Å². The molecule has 0 radical (unpaired) electrons. The molecule has 0 aromatic heterocycles. The molecule has 0 bridgehead atoms. The van der Waals surface area contributed by atoms with Gasteiger partial charge in [0.2, 0.25) is 6.08 Å². The van der Waals surface area contributed by atoms with Crippen molar-refractivity contribution in [3.8, 4) is 5.75 Å². The second kappa shape index (κ2) is 4.17. The normalized spacial score (nSPS) is 9.64. The van der Waals surface area contributed by atoms with Gasteiger partial charge in [-0.3, -0.25) is 0 Å². The van der Waals surface area contributed by atoms with Crippen LogP contribution >= 0.6 is 11.6 Å². The highest BCUT2D eigenvalue weighted by Gasteiger charge is 2.16. The summed E-state index contributed by atoms with van der Waals surface area (Å²) in [5, 5.41) is 8.32. The van der Waals surface area contributed by atoms with Crippen LogP contribution in [0.1, 0.15) is 5.56 Å². The van der Waals surface area contributed by atoms with Gasteiger partial charge >= 0.3 is 0 Å². The molecule has 0 aliphatic carbocycles. The van der Waals surface area contributed by atoms with Crippen LogP contribution in [0.5, 0.6) is 5.75 Å². The summed E-state index contributed by atoms with van der Waals surface area (Å²) in [6.07, 6.45) is 1.14. The molecule has 0 amide bonds. The predicted molar refractivity (Wildman–Crippen MR) is 44.9 cm³/mol. The van der Waals surface area contributed by atoms with Gasteiger partial charge < -0.3 is 5.11 Å². The Balaban J connectivity index is 3.28. The van der Waals surface area contributed by atoms with Crippen LogP contribution < -0.4 is 0 Å². The van der Waals surface area contributed by atoms with Crippen molar-refractivity contribution in [1.82, 2.24) is 0 Å². The number of halogens is 3. The number of rotatable bonds is 2. The molecule has 0 heterocycles. The van der Waals surface area contributed by atoms with Crippen LogP contribution in [-0.4, -0.2) is 11.2 Å². The van der Waals surface area contributed by atoms with Crippen LogP contribution in [0.4, 0.5) is 8.78 Å². The zero-order chi connectivity index (χ0) is 10.7. The number of aliphatic imine (C=N–C) groups is 1. The maximum Gasteiger partial charge on any atom is 0.235 e. The number of phenols is 1. The lowest BCUT2D eigenvalue weighted by Gasteiger charge is -2.04. The number of isocyanates is 1. The SMILES string of the molecule is O=C=NCc1c(F)cc(O)c(Cl)c1F. The minimum absolute atomic E-state index is 0.476. The van der Waals surface area contributed by atoms with Gasteiger partial charge in [-0.2, -0.15) is 0 Å². The van der Waals surface area contributed by atoms with Crippen LogP contribution in [0.3, 0.4) is 0 Å². The smallest absolute Gasteiger partial charge is 0.235 e. The summed E-state index contributed by atoms with van der Waals surface area (Å²) in [5.41, 5.74) is -0.476. The molecule has 0 spiro atoms. The van der Waals surface area contributed by atoms with Gasteiger partial charge in [-0.05, 0) is 0 Å². The number of carbonyl (C=O) groups excluding carboxylic acids is 1. The van der Waals surface area contributed by atoms with Gasteiger partial charge in [0.25, 0.3) is 0 Å². The van der Waals surface area contributed by atoms with Crippen molar-refractivity contribution in [2.24, 2.45) is 4.99 Å². The maximum atomic E-state index is 13.1. The van der Waals surface area contributed by atoms with E-state index in [1.807, 2.05) is 0 Å². The molecule has 0 atom stereocenters. The highest BCUT2D eigenvalue weighted by Crippen LogP contribution is 2.30. The zero-order valence-corrected chi connectivity index (χ0v) is 7.48. The van der Waals surface area contributed by atoms with Crippen molar-refractivity contribution < 1.29 is 18.7 Å². The number of phenolic OH excluding ortho intramolecular Hbond substituents is 1. The summed E-state index contributed by atoms with van der Waals surface area (Å²) >= 11 is 5.30. The molecule has 0 saturated heterocycles. The first-order valence-corrected chi connectivity index (χ1v) is 3.84. The summed E-state index contributed by atoms with van der Waals surface area (Å²) < 4.78 is 26.1. The molecular formula is C8H4ClF2NO2. The fourth-order valence-electron chi connectivity index (χ4n) is 0.877.